The van der Waals surface area contributed by atoms with Crippen molar-refractivity contribution in [1.29, 1.82) is 0 Å². The molecular formula is C19H19N2O3-. The first-order valence-corrected chi connectivity index (χ1v) is 8.03. The van der Waals surface area contributed by atoms with E-state index < -0.39 is 5.97 Å². The number of benzene rings is 2. The Morgan fingerprint density at radius 3 is 2.25 bits per heavy atom. The van der Waals surface area contributed by atoms with Gasteiger partial charge in [-0.3, -0.25) is 4.79 Å². The molecule has 1 amide bonds. The topological polar surface area (TPSA) is 72.5 Å². The highest BCUT2D eigenvalue weighted by atomic mass is 16.4. The minimum atomic E-state index is -1.26. The maximum atomic E-state index is 12.4. The Balaban J connectivity index is 1.75. The molecule has 2 aromatic rings. The van der Waals surface area contributed by atoms with Crippen LogP contribution in [-0.4, -0.2) is 25.0 Å². The van der Waals surface area contributed by atoms with E-state index in [0.29, 0.717) is 11.3 Å². The van der Waals surface area contributed by atoms with E-state index in [9.17, 15) is 14.7 Å². The summed E-state index contributed by atoms with van der Waals surface area (Å²) < 4.78 is 0. The average molecular weight is 323 g/mol. The van der Waals surface area contributed by atoms with Crippen LogP contribution in [0.1, 0.15) is 39.1 Å². The number of carbonyl (C=O) groups excluding carboxylic acids is 2. The third kappa shape index (κ3) is 3.40. The smallest absolute Gasteiger partial charge is 0.255 e. The van der Waals surface area contributed by atoms with E-state index in [-0.39, 0.29) is 11.5 Å². The molecule has 5 heteroatoms. The zero-order valence-electron chi connectivity index (χ0n) is 13.5. The summed E-state index contributed by atoms with van der Waals surface area (Å²) in [6.45, 7) is 3.92. The minimum Gasteiger partial charge on any atom is -0.545 e. The van der Waals surface area contributed by atoms with E-state index in [2.05, 4.69) is 10.2 Å². The van der Waals surface area contributed by atoms with Crippen LogP contribution in [0, 0.1) is 6.92 Å². The SMILES string of the molecule is Cc1ccc(C(=O)[O-])cc1NC(=O)c1ccc(N2CCCC2)cc1. The Labute approximate surface area is 140 Å². The number of carboxylic acids is 1. The predicted molar refractivity (Wildman–Crippen MR) is 91.4 cm³/mol. The summed E-state index contributed by atoms with van der Waals surface area (Å²) in [5.74, 6) is -1.53. The van der Waals surface area contributed by atoms with Gasteiger partial charge in [-0.25, -0.2) is 0 Å². The molecule has 1 saturated heterocycles. The molecule has 3 rings (SSSR count). The first-order valence-electron chi connectivity index (χ1n) is 8.03. The fourth-order valence-electron chi connectivity index (χ4n) is 2.88. The van der Waals surface area contributed by atoms with Crippen LogP contribution < -0.4 is 15.3 Å². The summed E-state index contributed by atoms with van der Waals surface area (Å²) in [5.41, 5.74) is 2.98. The Bertz CT molecular complexity index is 763. The van der Waals surface area contributed by atoms with Crippen LogP contribution in [0.2, 0.25) is 0 Å². The van der Waals surface area contributed by atoms with Crippen molar-refractivity contribution in [1.82, 2.24) is 0 Å². The van der Waals surface area contributed by atoms with Gasteiger partial charge in [-0.05, 0) is 61.2 Å². The van der Waals surface area contributed by atoms with Crippen LogP contribution in [0.4, 0.5) is 11.4 Å². The summed E-state index contributed by atoms with van der Waals surface area (Å²) in [7, 11) is 0. The molecule has 1 aliphatic rings. The highest BCUT2D eigenvalue weighted by Gasteiger charge is 2.13. The van der Waals surface area contributed by atoms with Crippen molar-refractivity contribution in [3.63, 3.8) is 0 Å². The van der Waals surface area contributed by atoms with Gasteiger partial charge < -0.3 is 20.1 Å². The summed E-state index contributed by atoms with van der Waals surface area (Å²) >= 11 is 0. The molecule has 0 spiro atoms. The Kier molecular flexibility index (Phi) is 4.51. The Hall–Kier alpha value is -2.82. The molecule has 0 atom stereocenters. The molecule has 124 valence electrons. The van der Waals surface area contributed by atoms with Gasteiger partial charge >= 0.3 is 0 Å². The number of carbonyl (C=O) groups is 2. The van der Waals surface area contributed by atoms with Gasteiger partial charge in [0.05, 0.1) is 5.97 Å². The Morgan fingerprint density at radius 1 is 1.00 bits per heavy atom. The van der Waals surface area contributed by atoms with Gasteiger partial charge in [0.25, 0.3) is 5.91 Å². The highest BCUT2D eigenvalue weighted by Crippen LogP contribution is 2.22. The zero-order chi connectivity index (χ0) is 17.1. The van der Waals surface area contributed by atoms with Crippen LogP contribution in [0.5, 0.6) is 0 Å². The molecule has 1 N–H and O–H groups in total. The fourth-order valence-corrected chi connectivity index (χ4v) is 2.88. The molecule has 0 radical (unpaired) electrons. The molecular weight excluding hydrogens is 304 g/mol. The van der Waals surface area contributed by atoms with Crippen LogP contribution in [0.3, 0.4) is 0 Å². The fraction of sp³-hybridized carbons (Fsp3) is 0.263. The van der Waals surface area contributed by atoms with Gasteiger partial charge in [0.15, 0.2) is 0 Å². The molecule has 1 aliphatic heterocycles. The van der Waals surface area contributed by atoms with Gasteiger partial charge in [-0.1, -0.05) is 12.1 Å². The van der Waals surface area contributed by atoms with Gasteiger partial charge in [0.1, 0.15) is 0 Å². The monoisotopic (exact) mass is 323 g/mol. The van der Waals surface area contributed by atoms with E-state index >= 15 is 0 Å². The number of aryl methyl sites for hydroxylation is 1. The number of rotatable bonds is 4. The summed E-state index contributed by atoms with van der Waals surface area (Å²) in [6.07, 6.45) is 2.41. The first-order chi connectivity index (χ1) is 11.5. The summed E-state index contributed by atoms with van der Waals surface area (Å²) in [6, 6.07) is 12.0. The predicted octanol–water partition coefficient (Wildman–Crippen LogP) is 2.21. The minimum absolute atomic E-state index is 0.0419. The largest absolute Gasteiger partial charge is 0.545 e. The zero-order valence-corrected chi connectivity index (χ0v) is 13.5. The Morgan fingerprint density at radius 2 is 1.62 bits per heavy atom. The van der Waals surface area contributed by atoms with E-state index in [4.69, 9.17) is 0 Å². The van der Waals surface area contributed by atoms with Crippen LogP contribution >= 0.6 is 0 Å². The van der Waals surface area contributed by atoms with E-state index in [1.807, 2.05) is 19.1 Å². The van der Waals surface area contributed by atoms with Crippen molar-refractivity contribution in [2.45, 2.75) is 19.8 Å². The second kappa shape index (κ2) is 6.74. The van der Waals surface area contributed by atoms with Crippen molar-refractivity contribution in [3.8, 4) is 0 Å². The molecule has 0 unspecified atom stereocenters. The number of carboxylic acid groups (broad SMARTS) is 1. The third-order valence-electron chi connectivity index (χ3n) is 4.32. The van der Waals surface area contributed by atoms with Gasteiger partial charge in [0.2, 0.25) is 0 Å². The number of anilines is 2. The lowest BCUT2D eigenvalue weighted by molar-refractivity contribution is -0.255. The molecule has 0 aromatic heterocycles. The maximum absolute atomic E-state index is 12.4. The van der Waals surface area contributed by atoms with Crippen LogP contribution in [0.25, 0.3) is 0 Å². The van der Waals surface area contributed by atoms with E-state index in [1.165, 1.54) is 25.0 Å². The molecule has 0 saturated carbocycles. The number of nitrogens with one attached hydrogen (secondary N) is 1. The van der Waals surface area contributed by atoms with Crippen molar-refractivity contribution < 1.29 is 14.7 Å². The van der Waals surface area contributed by atoms with Gasteiger partial charge in [0, 0.05) is 30.0 Å². The molecule has 24 heavy (non-hydrogen) atoms. The van der Waals surface area contributed by atoms with Crippen LogP contribution in [-0.2, 0) is 0 Å². The third-order valence-corrected chi connectivity index (χ3v) is 4.32. The van der Waals surface area contributed by atoms with Crippen molar-refractivity contribution in [2.24, 2.45) is 0 Å². The number of nitrogens with zero attached hydrogens (tertiary/aromatic N) is 1. The van der Waals surface area contributed by atoms with Gasteiger partial charge in [-0.2, -0.15) is 0 Å². The van der Waals surface area contributed by atoms with E-state index in [0.717, 1.165) is 24.3 Å². The molecule has 5 nitrogen and oxygen atoms in total. The number of amides is 1. The number of aromatic carboxylic acids is 1. The lowest BCUT2D eigenvalue weighted by Crippen LogP contribution is -2.22. The van der Waals surface area contributed by atoms with E-state index in [1.54, 1.807) is 18.2 Å². The first kappa shape index (κ1) is 16.1. The molecule has 0 aliphatic carbocycles. The quantitative estimate of drug-likeness (QED) is 0.936. The molecule has 2 aromatic carbocycles. The summed E-state index contributed by atoms with van der Waals surface area (Å²) in [5, 5.41) is 13.7. The summed E-state index contributed by atoms with van der Waals surface area (Å²) in [4.78, 5) is 25.6. The maximum Gasteiger partial charge on any atom is 0.255 e. The molecule has 0 bridgehead atoms. The van der Waals surface area contributed by atoms with Gasteiger partial charge in [-0.15, -0.1) is 0 Å². The lowest BCUT2D eigenvalue weighted by atomic mass is 10.1. The second-order valence-corrected chi connectivity index (χ2v) is 6.01. The average Bonchev–Trinajstić information content (AvgIpc) is 3.11. The lowest BCUT2D eigenvalue weighted by Gasteiger charge is -2.17. The second-order valence-electron chi connectivity index (χ2n) is 6.01. The normalized spacial score (nSPS) is 13.8. The number of hydrogen-bond acceptors (Lipinski definition) is 4. The standard InChI is InChI=1S/C19H20N2O3/c1-13-4-5-15(19(23)24)12-17(13)20-18(22)14-6-8-16(9-7-14)21-10-2-3-11-21/h4-9,12H,2-3,10-11H2,1H3,(H,20,22)(H,23,24)/p-1. The number of hydrogen-bond donors (Lipinski definition) is 1. The van der Waals surface area contributed by atoms with Crippen molar-refractivity contribution in [2.75, 3.05) is 23.3 Å². The van der Waals surface area contributed by atoms with Crippen molar-refractivity contribution >= 4 is 23.3 Å². The van der Waals surface area contributed by atoms with Crippen molar-refractivity contribution in [3.05, 3.63) is 59.2 Å². The van der Waals surface area contributed by atoms with Crippen LogP contribution in [0.15, 0.2) is 42.5 Å². The molecule has 1 fully saturated rings. The molecule has 1 heterocycles. The highest BCUT2D eigenvalue weighted by molar-refractivity contribution is 6.05.